The highest BCUT2D eigenvalue weighted by atomic mass is 19.3. The number of rotatable bonds is 1. The van der Waals surface area contributed by atoms with Gasteiger partial charge < -0.3 is 5.32 Å². The molecule has 0 spiro atoms. The van der Waals surface area contributed by atoms with E-state index in [1.807, 2.05) is 19.1 Å². The van der Waals surface area contributed by atoms with Crippen molar-refractivity contribution in [2.75, 3.05) is 6.54 Å². The third-order valence-electron chi connectivity index (χ3n) is 2.87. The molecule has 82 valence electrons. The van der Waals surface area contributed by atoms with Crippen LogP contribution in [0.4, 0.5) is 8.78 Å². The van der Waals surface area contributed by atoms with Crippen molar-refractivity contribution in [2.45, 2.75) is 31.7 Å². The highest BCUT2D eigenvalue weighted by molar-refractivity contribution is 5.26. The molecule has 2 rings (SSSR count). The number of hydrogen-bond acceptors (Lipinski definition) is 1. The summed E-state index contributed by atoms with van der Waals surface area (Å²) in [5.41, 5.74) is 1.78. The molecule has 1 aliphatic rings. The lowest BCUT2D eigenvalue weighted by atomic mass is 9.93. The number of aryl methyl sites for hydroxylation is 1. The van der Waals surface area contributed by atoms with Crippen molar-refractivity contribution in [3.05, 3.63) is 35.4 Å². The van der Waals surface area contributed by atoms with E-state index in [0.29, 0.717) is 18.5 Å². The number of piperidine rings is 1. The summed E-state index contributed by atoms with van der Waals surface area (Å²) < 4.78 is 27.2. The Hall–Kier alpha value is -0.960. The summed E-state index contributed by atoms with van der Waals surface area (Å²) in [4.78, 5) is 0. The van der Waals surface area contributed by atoms with E-state index in [1.54, 1.807) is 12.1 Å². The molecular formula is C12H15F2N. The van der Waals surface area contributed by atoms with Crippen molar-refractivity contribution in [2.24, 2.45) is 0 Å². The average molecular weight is 211 g/mol. The molecule has 0 aliphatic carbocycles. The van der Waals surface area contributed by atoms with Gasteiger partial charge in [0.05, 0.1) is 6.04 Å². The zero-order valence-corrected chi connectivity index (χ0v) is 8.76. The molecule has 1 saturated heterocycles. The van der Waals surface area contributed by atoms with Gasteiger partial charge in [0.25, 0.3) is 5.92 Å². The monoisotopic (exact) mass is 211 g/mol. The van der Waals surface area contributed by atoms with Crippen LogP contribution in [0.15, 0.2) is 24.3 Å². The van der Waals surface area contributed by atoms with Gasteiger partial charge in [0.1, 0.15) is 0 Å². The minimum absolute atomic E-state index is 0.0153. The van der Waals surface area contributed by atoms with E-state index in [4.69, 9.17) is 0 Å². The minimum Gasteiger partial charge on any atom is -0.305 e. The fraction of sp³-hybridized carbons (Fsp3) is 0.500. The normalized spacial score (nSPS) is 25.1. The smallest absolute Gasteiger partial charge is 0.267 e. The quantitative estimate of drug-likeness (QED) is 0.752. The van der Waals surface area contributed by atoms with Crippen LogP contribution in [0.1, 0.15) is 30.0 Å². The maximum absolute atomic E-state index is 13.6. The number of halogens is 2. The Morgan fingerprint density at radius 2 is 1.93 bits per heavy atom. The summed E-state index contributed by atoms with van der Waals surface area (Å²) in [6, 6.07) is 6.51. The zero-order chi connectivity index (χ0) is 10.9. The first-order chi connectivity index (χ1) is 7.09. The summed E-state index contributed by atoms with van der Waals surface area (Å²) >= 11 is 0. The van der Waals surface area contributed by atoms with Gasteiger partial charge in [-0.1, -0.05) is 29.8 Å². The highest BCUT2D eigenvalue weighted by Gasteiger charge is 2.42. The van der Waals surface area contributed by atoms with E-state index in [2.05, 4.69) is 5.32 Å². The number of alkyl halides is 2. The van der Waals surface area contributed by atoms with Crippen molar-refractivity contribution in [3.63, 3.8) is 0 Å². The molecule has 0 radical (unpaired) electrons. The van der Waals surface area contributed by atoms with Gasteiger partial charge in [-0.2, -0.15) is 0 Å². The zero-order valence-electron chi connectivity index (χ0n) is 8.76. The fourth-order valence-electron chi connectivity index (χ4n) is 1.98. The lowest BCUT2D eigenvalue weighted by Gasteiger charge is -2.32. The summed E-state index contributed by atoms with van der Waals surface area (Å²) in [7, 11) is 0. The van der Waals surface area contributed by atoms with Crippen molar-refractivity contribution in [1.82, 2.24) is 5.32 Å². The van der Waals surface area contributed by atoms with E-state index < -0.39 is 12.0 Å². The van der Waals surface area contributed by atoms with Crippen molar-refractivity contribution < 1.29 is 8.78 Å². The van der Waals surface area contributed by atoms with Gasteiger partial charge in [-0.25, -0.2) is 8.78 Å². The second-order valence-corrected chi connectivity index (χ2v) is 4.16. The Bertz CT molecular complexity index is 332. The molecule has 1 unspecified atom stereocenters. The third kappa shape index (κ3) is 2.17. The Morgan fingerprint density at radius 3 is 2.53 bits per heavy atom. The average Bonchev–Trinajstić information content (AvgIpc) is 2.19. The van der Waals surface area contributed by atoms with E-state index in [-0.39, 0.29) is 6.42 Å². The van der Waals surface area contributed by atoms with Crippen LogP contribution in [0.5, 0.6) is 0 Å². The molecule has 3 heteroatoms. The molecule has 1 fully saturated rings. The minimum atomic E-state index is -2.62. The first kappa shape index (κ1) is 10.6. The lowest BCUT2D eigenvalue weighted by Crippen LogP contribution is -2.42. The summed E-state index contributed by atoms with van der Waals surface area (Å²) in [5.74, 6) is -2.62. The summed E-state index contributed by atoms with van der Waals surface area (Å²) in [6.07, 6.45) is 0.536. The predicted octanol–water partition coefficient (Wildman–Crippen LogP) is 3.05. The SMILES string of the molecule is Cc1ccc(C2NCCCC2(F)F)cc1. The first-order valence-corrected chi connectivity index (χ1v) is 5.27. The van der Waals surface area contributed by atoms with Crippen LogP contribution in [-0.4, -0.2) is 12.5 Å². The highest BCUT2D eigenvalue weighted by Crippen LogP contribution is 2.37. The fourth-order valence-corrected chi connectivity index (χ4v) is 1.98. The molecule has 1 aromatic carbocycles. The molecule has 0 saturated carbocycles. The molecular weight excluding hydrogens is 196 g/mol. The van der Waals surface area contributed by atoms with Gasteiger partial charge in [-0.05, 0) is 25.5 Å². The Kier molecular flexibility index (Phi) is 2.74. The molecule has 15 heavy (non-hydrogen) atoms. The van der Waals surface area contributed by atoms with Crippen LogP contribution >= 0.6 is 0 Å². The number of nitrogens with one attached hydrogen (secondary N) is 1. The molecule has 1 aromatic rings. The maximum atomic E-state index is 13.6. The predicted molar refractivity (Wildman–Crippen MR) is 56.1 cm³/mol. The van der Waals surface area contributed by atoms with Crippen LogP contribution in [0.3, 0.4) is 0 Å². The Labute approximate surface area is 88.5 Å². The largest absolute Gasteiger partial charge is 0.305 e. The Balaban J connectivity index is 2.25. The Morgan fingerprint density at radius 1 is 1.27 bits per heavy atom. The van der Waals surface area contributed by atoms with Crippen molar-refractivity contribution in [1.29, 1.82) is 0 Å². The van der Waals surface area contributed by atoms with Crippen LogP contribution in [-0.2, 0) is 0 Å². The van der Waals surface area contributed by atoms with Crippen molar-refractivity contribution >= 4 is 0 Å². The van der Waals surface area contributed by atoms with Gasteiger partial charge in [0, 0.05) is 6.42 Å². The van der Waals surface area contributed by atoms with Gasteiger partial charge in [0.2, 0.25) is 0 Å². The summed E-state index contributed by atoms with van der Waals surface area (Å²) in [6.45, 7) is 2.63. The number of benzene rings is 1. The second kappa shape index (κ2) is 3.89. The second-order valence-electron chi connectivity index (χ2n) is 4.16. The first-order valence-electron chi connectivity index (χ1n) is 5.27. The molecule has 1 N–H and O–H groups in total. The summed E-state index contributed by atoms with van der Waals surface area (Å²) in [5, 5.41) is 2.90. The molecule has 1 heterocycles. The van der Waals surface area contributed by atoms with Crippen LogP contribution in [0, 0.1) is 6.92 Å². The molecule has 1 nitrogen and oxygen atoms in total. The van der Waals surface area contributed by atoms with E-state index in [9.17, 15) is 8.78 Å². The molecule has 1 aliphatic heterocycles. The molecule has 0 bridgehead atoms. The van der Waals surface area contributed by atoms with Gasteiger partial charge in [-0.3, -0.25) is 0 Å². The van der Waals surface area contributed by atoms with E-state index in [0.717, 1.165) is 5.56 Å². The van der Waals surface area contributed by atoms with Gasteiger partial charge >= 0.3 is 0 Å². The molecule has 1 atom stereocenters. The van der Waals surface area contributed by atoms with Crippen LogP contribution in [0.2, 0.25) is 0 Å². The van der Waals surface area contributed by atoms with E-state index >= 15 is 0 Å². The van der Waals surface area contributed by atoms with E-state index in [1.165, 1.54) is 0 Å². The lowest BCUT2D eigenvalue weighted by molar-refractivity contribution is -0.0619. The maximum Gasteiger partial charge on any atom is 0.267 e. The van der Waals surface area contributed by atoms with Crippen LogP contribution < -0.4 is 5.32 Å². The van der Waals surface area contributed by atoms with Crippen LogP contribution in [0.25, 0.3) is 0 Å². The molecule has 0 amide bonds. The topological polar surface area (TPSA) is 12.0 Å². The van der Waals surface area contributed by atoms with Crippen molar-refractivity contribution in [3.8, 4) is 0 Å². The van der Waals surface area contributed by atoms with Gasteiger partial charge in [-0.15, -0.1) is 0 Å². The van der Waals surface area contributed by atoms with Gasteiger partial charge in [0.15, 0.2) is 0 Å². The molecule has 0 aromatic heterocycles. The number of hydrogen-bond donors (Lipinski definition) is 1. The third-order valence-corrected chi connectivity index (χ3v) is 2.87. The standard InChI is InChI=1S/C12H15F2N/c1-9-3-5-10(6-4-9)11-12(13,14)7-2-8-15-11/h3-6,11,15H,2,7-8H2,1H3.